The average molecular weight is 352 g/mol. The Kier molecular flexibility index (Phi) is 5.23. The molecule has 2 aliphatic rings. The lowest BCUT2D eigenvalue weighted by atomic mass is 9.88. The van der Waals surface area contributed by atoms with Crippen molar-refractivity contribution in [1.29, 1.82) is 0 Å². The smallest absolute Gasteiger partial charge is 0.136 e. The molecule has 21 heavy (non-hydrogen) atoms. The lowest BCUT2D eigenvalue weighted by molar-refractivity contribution is 0.371. The van der Waals surface area contributed by atoms with E-state index in [0.717, 1.165) is 16.1 Å². The quantitative estimate of drug-likeness (QED) is 0.851. The Balaban J connectivity index is 1.83. The third-order valence-corrected chi connectivity index (χ3v) is 5.70. The highest BCUT2D eigenvalue weighted by atomic mass is 79.9. The Bertz CT molecular complexity index is 476. The first-order chi connectivity index (χ1) is 10.3. The van der Waals surface area contributed by atoms with E-state index >= 15 is 0 Å². The molecule has 1 aliphatic carbocycles. The molecule has 116 valence electrons. The first-order valence-corrected chi connectivity index (χ1v) is 9.14. The molecule has 1 saturated carbocycles. The van der Waals surface area contributed by atoms with Crippen LogP contribution in [-0.2, 0) is 6.42 Å². The molecule has 1 saturated heterocycles. The number of hydrogen-bond donors (Lipinski definition) is 1. The van der Waals surface area contributed by atoms with Crippen molar-refractivity contribution in [2.45, 2.75) is 50.9 Å². The van der Waals surface area contributed by atoms with Crippen LogP contribution in [-0.4, -0.2) is 20.2 Å². The number of methoxy groups -OCH3 is 1. The van der Waals surface area contributed by atoms with E-state index in [1.54, 1.807) is 7.11 Å². The Morgan fingerprint density at radius 3 is 2.52 bits per heavy atom. The van der Waals surface area contributed by atoms with Crippen LogP contribution in [0.4, 0.5) is 0 Å². The summed E-state index contributed by atoms with van der Waals surface area (Å²) in [7, 11) is 1.80. The third kappa shape index (κ3) is 3.62. The van der Waals surface area contributed by atoms with E-state index in [4.69, 9.17) is 4.74 Å². The summed E-state index contributed by atoms with van der Waals surface area (Å²) in [5.74, 6) is 2.60. The first-order valence-electron chi connectivity index (χ1n) is 8.35. The summed E-state index contributed by atoms with van der Waals surface area (Å²) in [6.07, 6.45) is 9.20. The SMILES string of the molecule is COc1c(Br)cc(CC2CCNCC2)cc1C1CCCC1. The van der Waals surface area contributed by atoms with E-state index < -0.39 is 0 Å². The number of piperidine rings is 1. The van der Waals surface area contributed by atoms with Crippen LogP contribution in [0.5, 0.6) is 5.75 Å². The molecule has 3 rings (SSSR count). The highest BCUT2D eigenvalue weighted by Crippen LogP contribution is 2.42. The fraction of sp³-hybridized carbons (Fsp3) is 0.667. The van der Waals surface area contributed by atoms with Crippen LogP contribution in [0.15, 0.2) is 16.6 Å². The van der Waals surface area contributed by atoms with Crippen LogP contribution < -0.4 is 10.1 Å². The summed E-state index contributed by atoms with van der Waals surface area (Å²) in [5.41, 5.74) is 2.92. The number of halogens is 1. The van der Waals surface area contributed by atoms with Gasteiger partial charge in [-0.25, -0.2) is 0 Å². The number of benzene rings is 1. The number of hydrogen-bond acceptors (Lipinski definition) is 2. The first kappa shape index (κ1) is 15.4. The van der Waals surface area contributed by atoms with Crippen molar-refractivity contribution in [3.05, 3.63) is 27.7 Å². The minimum atomic E-state index is 0.698. The van der Waals surface area contributed by atoms with E-state index in [0.29, 0.717) is 5.92 Å². The van der Waals surface area contributed by atoms with Gasteiger partial charge in [0.1, 0.15) is 5.75 Å². The summed E-state index contributed by atoms with van der Waals surface area (Å²) >= 11 is 3.73. The van der Waals surface area contributed by atoms with Gasteiger partial charge < -0.3 is 10.1 Å². The van der Waals surface area contributed by atoms with Gasteiger partial charge in [0.2, 0.25) is 0 Å². The predicted octanol–water partition coefficient (Wildman–Crippen LogP) is 4.66. The molecule has 0 unspecified atom stereocenters. The van der Waals surface area contributed by atoms with Crippen LogP contribution in [0, 0.1) is 5.92 Å². The van der Waals surface area contributed by atoms with Crippen molar-refractivity contribution >= 4 is 15.9 Å². The van der Waals surface area contributed by atoms with Gasteiger partial charge in [0.15, 0.2) is 0 Å². The molecule has 0 atom stereocenters. The standard InChI is InChI=1S/C18H26BrNO/c1-21-18-16(15-4-2-3-5-15)11-14(12-17(18)19)10-13-6-8-20-9-7-13/h11-13,15,20H,2-10H2,1H3. The second-order valence-electron chi connectivity index (χ2n) is 6.58. The van der Waals surface area contributed by atoms with Gasteiger partial charge in [0.25, 0.3) is 0 Å². The minimum Gasteiger partial charge on any atom is -0.495 e. The van der Waals surface area contributed by atoms with E-state index in [-0.39, 0.29) is 0 Å². The van der Waals surface area contributed by atoms with Gasteiger partial charge in [-0.2, -0.15) is 0 Å². The highest BCUT2D eigenvalue weighted by molar-refractivity contribution is 9.10. The second kappa shape index (κ2) is 7.15. The lowest BCUT2D eigenvalue weighted by Crippen LogP contribution is -2.28. The number of nitrogens with one attached hydrogen (secondary N) is 1. The fourth-order valence-corrected chi connectivity index (χ4v) is 4.65. The molecule has 0 radical (unpaired) electrons. The normalized spacial score (nSPS) is 20.9. The van der Waals surface area contributed by atoms with Crippen LogP contribution in [0.25, 0.3) is 0 Å². The van der Waals surface area contributed by atoms with Gasteiger partial charge in [-0.15, -0.1) is 0 Å². The fourth-order valence-electron chi connectivity index (χ4n) is 3.97. The second-order valence-corrected chi connectivity index (χ2v) is 7.43. The van der Waals surface area contributed by atoms with Gasteiger partial charge in [-0.05, 0) is 90.2 Å². The van der Waals surface area contributed by atoms with E-state index in [2.05, 4.69) is 33.4 Å². The minimum absolute atomic E-state index is 0.698. The summed E-state index contributed by atoms with van der Waals surface area (Å²) in [6.45, 7) is 2.36. The molecule has 1 heterocycles. The molecule has 2 fully saturated rings. The van der Waals surface area contributed by atoms with Crippen molar-refractivity contribution < 1.29 is 4.74 Å². The summed E-state index contributed by atoms with van der Waals surface area (Å²) in [4.78, 5) is 0. The van der Waals surface area contributed by atoms with E-state index in [9.17, 15) is 0 Å². The summed E-state index contributed by atoms with van der Waals surface area (Å²) in [6, 6.07) is 4.71. The van der Waals surface area contributed by atoms with Gasteiger partial charge in [-0.1, -0.05) is 18.9 Å². The molecule has 0 aromatic heterocycles. The Labute approximate surface area is 136 Å². The monoisotopic (exact) mass is 351 g/mol. The van der Waals surface area contributed by atoms with Gasteiger partial charge in [-0.3, -0.25) is 0 Å². The maximum absolute atomic E-state index is 5.68. The van der Waals surface area contributed by atoms with Gasteiger partial charge in [0, 0.05) is 0 Å². The topological polar surface area (TPSA) is 21.3 Å². The molecule has 0 amide bonds. The molecule has 0 bridgehead atoms. The van der Waals surface area contributed by atoms with Crippen molar-refractivity contribution in [3.63, 3.8) is 0 Å². The Morgan fingerprint density at radius 1 is 1.14 bits per heavy atom. The number of ether oxygens (including phenoxy) is 1. The lowest BCUT2D eigenvalue weighted by Gasteiger charge is -2.24. The number of rotatable bonds is 4. The van der Waals surface area contributed by atoms with Crippen molar-refractivity contribution in [2.75, 3.05) is 20.2 Å². The predicted molar refractivity (Wildman–Crippen MR) is 91.2 cm³/mol. The molecule has 2 nitrogen and oxygen atoms in total. The van der Waals surface area contributed by atoms with Crippen LogP contribution in [0.2, 0.25) is 0 Å². The summed E-state index contributed by atoms with van der Waals surface area (Å²) < 4.78 is 6.81. The molecular formula is C18H26BrNO. The zero-order valence-electron chi connectivity index (χ0n) is 13.0. The average Bonchev–Trinajstić information content (AvgIpc) is 3.02. The summed E-state index contributed by atoms with van der Waals surface area (Å²) in [5, 5.41) is 3.46. The largest absolute Gasteiger partial charge is 0.495 e. The van der Waals surface area contributed by atoms with Gasteiger partial charge >= 0.3 is 0 Å². The molecule has 3 heteroatoms. The van der Waals surface area contributed by atoms with E-state index in [1.807, 2.05) is 0 Å². The van der Waals surface area contributed by atoms with Crippen LogP contribution in [0.3, 0.4) is 0 Å². The zero-order valence-corrected chi connectivity index (χ0v) is 14.5. The highest BCUT2D eigenvalue weighted by Gasteiger charge is 2.23. The van der Waals surface area contributed by atoms with Crippen molar-refractivity contribution in [3.8, 4) is 5.75 Å². The maximum atomic E-state index is 5.68. The molecular weight excluding hydrogens is 326 g/mol. The Morgan fingerprint density at radius 2 is 1.86 bits per heavy atom. The van der Waals surface area contributed by atoms with Gasteiger partial charge in [0.05, 0.1) is 11.6 Å². The molecule has 1 N–H and O–H groups in total. The van der Waals surface area contributed by atoms with Crippen molar-refractivity contribution in [2.24, 2.45) is 5.92 Å². The molecule has 1 aromatic rings. The van der Waals surface area contributed by atoms with Crippen molar-refractivity contribution in [1.82, 2.24) is 5.32 Å². The molecule has 0 spiro atoms. The zero-order chi connectivity index (χ0) is 14.7. The molecule has 1 aliphatic heterocycles. The molecule has 1 aromatic carbocycles. The van der Waals surface area contributed by atoms with Crippen LogP contribution >= 0.6 is 15.9 Å². The Hall–Kier alpha value is -0.540. The third-order valence-electron chi connectivity index (χ3n) is 5.11. The van der Waals surface area contributed by atoms with E-state index in [1.165, 1.54) is 69.2 Å². The maximum Gasteiger partial charge on any atom is 0.136 e. The van der Waals surface area contributed by atoms with Crippen LogP contribution in [0.1, 0.15) is 55.6 Å².